The normalized spacial score (nSPS) is 11.0. The summed E-state index contributed by atoms with van der Waals surface area (Å²) in [4.78, 5) is 40.5. The van der Waals surface area contributed by atoms with Crippen LogP contribution in [0.2, 0.25) is 5.02 Å². The Hall–Kier alpha value is -4.61. The van der Waals surface area contributed by atoms with E-state index in [-0.39, 0.29) is 35.7 Å². The number of ether oxygens (including phenoxy) is 1. The summed E-state index contributed by atoms with van der Waals surface area (Å²) in [6.07, 6.45) is 4.99. The molecular weight excluding hydrogens is 620 g/mol. The van der Waals surface area contributed by atoms with E-state index >= 15 is 0 Å². The fourth-order valence-corrected chi connectivity index (χ4v) is 5.50. The maximum Gasteiger partial charge on any atom is 0.316 e. The highest BCUT2D eigenvalue weighted by Crippen LogP contribution is 2.25. The van der Waals surface area contributed by atoms with E-state index < -0.39 is 11.4 Å². The van der Waals surface area contributed by atoms with E-state index in [4.69, 9.17) is 16.3 Å². The second-order valence-electron chi connectivity index (χ2n) is 10.2. The molecular formula is C33H28ClF2N5O3S. The lowest BCUT2D eigenvalue weighted by atomic mass is 10.0. The predicted molar refractivity (Wildman–Crippen MR) is 169 cm³/mol. The van der Waals surface area contributed by atoms with E-state index in [0.717, 1.165) is 16.7 Å². The number of carbonyl (C=O) groups excluding carboxylic acids is 1. The number of methoxy groups -OCH3 is 1. The van der Waals surface area contributed by atoms with Gasteiger partial charge in [-0.05, 0) is 52.1 Å². The van der Waals surface area contributed by atoms with Gasteiger partial charge in [-0.25, -0.2) is 18.7 Å². The number of aromatic nitrogens is 4. The second-order valence-corrected chi connectivity index (χ2v) is 11.6. The van der Waals surface area contributed by atoms with E-state index in [1.807, 2.05) is 24.3 Å². The minimum Gasteiger partial charge on any atom is -0.467 e. The van der Waals surface area contributed by atoms with Gasteiger partial charge >= 0.3 is 6.01 Å². The van der Waals surface area contributed by atoms with Gasteiger partial charge in [0.15, 0.2) is 5.16 Å². The molecule has 5 aromatic rings. The largest absolute Gasteiger partial charge is 0.467 e. The number of rotatable bonds is 11. The number of carbonyl (C=O) groups is 1. The van der Waals surface area contributed by atoms with E-state index in [0.29, 0.717) is 34.1 Å². The Bertz CT molecular complexity index is 1850. The first-order chi connectivity index (χ1) is 21.7. The minimum absolute atomic E-state index is 0.0624. The summed E-state index contributed by atoms with van der Waals surface area (Å²) in [5.41, 5.74) is 3.87. The van der Waals surface area contributed by atoms with Crippen LogP contribution in [0.15, 0.2) is 95.3 Å². The molecule has 0 aliphatic heterocycles. The van der Waals surface area contributed by atoms with Gasteiger partial charge in [0.2, 0.25) is 5.91 Å². The summed E-state index contributed by atoms with van der Waals surface area (Å²) in [7, 11) is 3.16. The van der Waals surface area contributed by atoms with Gasteiger partial charge in [-0.1, -0.05) is 65.8 Å². The molecule has 0 atom stereocenters. The van der Waals surface area contributed by atoms with Crippen molar-refractivity contribution in [1.82, 2.24) is 24.4 Å². The van der Waals surface area contributed by atoms with Crippen LogP contribution < -0.4 is 10.3 Å². The molecule has 0 unspecified atom stereocenters. The molecule has 0 aliphatic carbocycles. The smallest absolute Gasteiger partial charge is 0.316 e. The molecule has 2 heterocycles. The number of hydrogen-bond donors (Lipinski definition) is 0. The highest BCUT2D eigenvalue weighted by atomic mass is 35.5. The van der Waals surface area contributed by atoms with E-state index in [2.05, 4.69) is 15.0 Å². The third-order valence-electron chi connectivity index (χ3n) is 6.93. The summed E-state index contributed by atoms with van der Waals surface area (Å²) in [5, 5.41) is 0.424. The van der Waals surface area contributed by atoms with Crippen LogP contribution in [0.5, 0.6) is 6.01 Å². The molecule has 0 N–H and O–H groups in total. The summed E-state index contributed by atoms with van der Waals surface area (Å²) in [6, 6.07) is 18.4. The number of hydrogen-bond acceptors (Lipinski definition) is 7. The number of thioether (sulfide) groups is 1. The highest BCUT2D eigenvalue weighted by Gasteiger charge is 2.17. The van der Waals surface area contributed by atoms with Crippen molar-refractivity contribution in [3.05, 3.63) is 135 Å². The van der Waals surface area contributed by atoms with Gasteiger partial charge in [0.1, 0.15) is 18.2 Å². The van der Waals surface area contributed by atoms with Gasteiger partial charge in [0, 0.05) is 49.9 Å². The van der Waals surface area contributed by atoms with Crippen molar-refractivity contribution < 1.29 is 18.3 Å². The van der Waals surface area contributed by atoms with E-state index in [9.17, 15) is 18.4 Å². The minimum atomic E-state index is -0.490. The van der Waals surface area contributed by atoms with Crippen LogP contribution in [0.1, 0.15) is 22.3 Å². The Morgan fingerprint density at radius 3 is 2.29 bits per heavy atom. The quantitative estimate of drug-likeness (QED) is 0.125. The molecule has 45 heavy (non-hydrogen) atoms. The Balaban J connectivity index is 1.33. The van der Waals surface area contributed by atoms with Crippen LogP contribution in [0.25, 0.3) is 11.1 Å². The van der Waals surface area contributed by atoms with Gasteiger partial charge in [-0.2, -0.15) is 4.98 Å². The predicted octanol–water partition coefficient (Wildman–Crippen LogP) is 6.18. The Morgan fingerprint density at radius 2 is 1.62 bits per heavy atom. The summed E-state index contributed by atoms with van der Waals surface area (Å²) in [6.45, 7) is 0.263. The number of likely N-dealkylation sites (N-methyl/N-ethyl adjacent to an activating group) is 1. The maximum atomic E-state index is 13.9. The molecule has 3 aromatic carbocycles. The van der Waals surface area contributed by atoms with Crippen molar-refractivity contribution >= 4 is 29.3 Å². The van der Waals surface area contributed by atoms with Crippen molar-refractivity contribution in [2.24, 2.45) is 0 Å². The molecule has 5 rings (SSSR count). The SMILES string of the molecule is COc1ncc(Cc2cn(CC(=O)N(C)Cc3ccc(-c4ccc(Cl)c(F)c4)cc3)c(SCc3ccc(F)cc3)nc2=O)cn1. The number of benzene rings is 3. The van der Waals surface area contributed by atoms with Gasteiger partial charge in [-0.3, -0.25) is 9.59 Å². The monoisotopic (exact) mass is 647 g/mol. The van der Waals surface area contributed by atoms with Crippen molar-refractivity contribution in [2.45, 2.75) is 30.4 Å². The van der Waals surface area contributed by atoms with Gasteiger partial charge < -0.3 is 14.2 Å². The van der Waals surface area contributed by atoms with Crippen LogP contribution in [-0.2, 0) is 30.1 Å². The topological polar surface area (TPSA) is 90.2 Å². The lowest BCUT2D eigenvalue weighted by Gasteiger charge is -2.20. The molecule has 0 bridgehead atoms. The van der Waals surface area contributed by atoms with Crippen LogP contribution in [0, 0.1) is 11.6 Å². The fourth-order valence-electron chi connectivity index (χ4n) is 4.47. The fraction of sp³-hybridized carbons (Fsp3) is 0.182. The first kappa shape index (κ1) is 31.8. The standard InChI is InChI=1S/C33H28ClF2N5O3S/c1-40(17-21-3-7-24(8-4-21)25-9-12-28(34)29(36)14-25)30(42)19-41-18-26(13-23-15-37-32(44-2)38-16-23)31(43)39-33(41)45-20-22-5-10-27(35)11-6-22/h3-12,14-16,18H,13,17,19-20H2,1-2H3. The maximum absolute atomic E-state index is 13.9. The van der Waals surface area contributed by atoms with Crippen LogP contribution >= 0.6 is 23.4 Å². The highest BCUT2D eigenvalue weighted by molar-refractivity contribution is 7.98. The molecule has 230 valence electrons. The van der Waals surface area contributed by atoms with Crippen LogP contribution in [0.4, 0.5) is 8.78 Å². The molecule has 0 fully saturated rings. The molecule has 1 amide bonds. The molecule has 2 aromatic heterocycles. The first-order valence-corrected chi connectivity index (χ1v) is 15.2. The molecule has 0 saturated carbocycles. The number of nitrogens with zero attached hydrogens (tertiary/aromatic N) is 5. The summed E-state index contributed by atoms with van der Waals surface area (Å²) < 4.78 is 34.0. The number of halogens is 3. The van der Waals surface area contributed by atoms with Crippen molar-refractivity contribution in [1.29, 1.82) is 0 Å². The Kier molecular flexibility index (Phi) is 10.2. The average Bonchev–Trinajstić information content (AvgIpc) is 3.04. The van der Waals surface area contributed by atoms with Crippen LogP contribution in [-0.4, -0.2) is 44.5 Å². The van der Waals surface area contributed by atoms with Crippen LogP contribution in [0.3, 0.4) is 0 Å². The Morgan fingerprint density at radius 1 is 0.956 bits per heavy atom. The zero-order valence-corrected chi connectivity index (χ0v) is 26.0. The molecule has 12 heteroatoms. The van der Waals surface area contributed by atoms with Crippen molar-refractivity contribution in [3.8, 4) is 17.1 Å². The molecule has 0 aliphatic rings. The average molecular weight is 648 g/mol. The zero-order valence-electron chi connectivity index (χ0n) is 24.4. The molecule has 0 radical (unpaired) electrons. The number of amides is 1. The van der Waals surface area contributed by atoms with E-state index in [1.54, 1.807) is 53.3 Å². The lowest BCUT2D eigenvalue weighted by molar-refractivity contribution is -0.131. The molecule has 8 nitrogen and oxygen atoms in total. The third kappa shape index (κ3) is 8.31. The van der Waals surface area contributed by atoms with Gasteiger partial charge in [0.25, 0.3) is 5.56 Å². The molecule has 0 spiro atoms. The summed E-state index contributed by atoms with van der Waals surface area (Å²) in [5.74, 6) is -0.609. The Labute approximate surface area is 267 Å². The van der Waals surface area contributed by atoms with Crippen molar-refractivity contribution in [3.63, 3.8) is 0 Å². The molecule has 0 saturated heterocycles. The third-order valence-corrected chi connectivity index (χ3v) is 8.30. The summed E-state index contributed by atoms with van der Waals surface area (Å²) >= 11 is 7.09. The zero-order chi connectivity index (χ0) is 31.9. The van der Waals surface area contributed by atoms with E-state index in [1.165, 1.54) is 43.1 Å². The lowest BCUT2D eigenvalue weighted by Crippen LogP contribution is -2.31. The van der Waals surface area contributed by atoms with Crippen molar-refractivity contribution in [2.75, 3.05) is 14.2 Å². The second kappa shape index (κ2) is 14.4. The van der Waals surface area contributed by atoms with Gasteiger partial charge in [-0.15, -0.1) is 0 Å². The first-order valence-electron chi connectivity index (χ1n) is 13.8. The van der Waals surface area contributed by atoms with Gasteiger partial charge in [0.05, 0.1) is 12.1 Å².